The van der Waals surface area contributed by atoms with Crippen LogP contribution >= 0.6 is 27.5 Å². The standard InChI is InChI=1S/C13H14BrClFN3O2/c1-3-20-13(21-4-2)11-7-19(18-17-11)12-9(14)5-8(16)6-10(12)15/h5-7,13H,3-4H2,1-2H3. The lowest BCUT2D eigenvalue weighted by Crippen LogP contribution is -2.09. The number of benzene rings is 1. The van der Waals surface area contributed by atoms with Gasteiger partial charge in [-0.15, -0.1) is 5.10 Å². The number of halogens is 3. The molecule has 0 N–H and O–H groups in total. The Kier molecular flexibility index (Phi) is 5.69. The quantitative estimate of drug-likeness (QED) is 0.716. The summed E-state index contributed by atoms with van der Waals surface area (Å²) in [6.07, 6.45) is 1.05. The van der Waals surface area contributed by atoms with Gasteiger partial charge in [-0.25, -0.2) is 9.07 Å². The third kappa shape index (κ3) is 3.79. The molecule has 5 nitrogen and oxygen atoms in total. The highest BCUT2D eigenvalue weighted by molar-refractivity contribution is 9.10. The number of rotatable bonds is 6. The van der Waals surface area contributed by atoms with E-state index in [1.807, 2.05) is 13.8 Å². The van der Waals surface area contributed by atoms with Crippen LogP contribution in [0, 0.1) is 5.82 Å². The van der Waals surface area contributed by atoms with Crippen LogP contribution in [0.2, 0.25) is 5.02 Å². The molecule has 8 heteroatoms. The van der Waals surface area contributed by atoms with Gasteiger partial charge in [0.1, 0.15) is 11.5 Å². The molecular formula is C13H14BrClFN3O2. The van der Waals surface area contributed by atoms with Crippen molar-refractivity contribution in [2.45, 2.75) is 20.1 Å². The molecule has 21 heavy (non-hydrogen) atoms. The van der Waals surface area contributed by atoms with Gasteiger partial charge in [-0.2, -0.15) is 0 Å². The molecular weight excluding hydrogens is 365 g/mol. The van der Waals surface area contributed by atoms with Crippen molar-refractivity contribution in [1.82, 2.24) is 15.0 Å². The minimum Gasteiger partial charge on any atom is -0.347 e. The van der Waals surface area contributed by atoms with Crippen LogP contribution in [0.3, 0.4) is 0 Å². The zero-order valence-corrected chi connectivity index (χ0v) is 13.9. The monoisotopic (exact) mass is 377 g/mol. The van der Waals surface area contributed by atoms with E-state index in [4.69, 9.17) is 21.1 Å². The summed E-state index contributed by atoms with van der Waals surface area (Å²) in [6, 6.07) is 2.52. The van der Waals surface area contributed by atoms with Gasteiger partial charge in [-0.05, 0) is 41.9 Å². The summed E-state index contributed by atoms with van der Waals surface area (Å²) in [7, 11) is 0. The van der Waals surface area contributed by atoms with Crippen LogP contribution in [0.15, 0.2) is 22.8 Å². The third-order valence-electron chi connectivity index (χ3n) is 2.60. The summed E-state index contributed by atoms with van der Waals surface area (Å²) in [4.78, 5) is 0. The second kappa shape index (κ2) is 7.31. The van der Waals surface area contributed by atoms with E-state index in [1.165, 1.54) is 16.8 Å². The summed E-state index contributed by atoms with van der Waals surface area (Å²) in [5, 5.41) is 8.24. The number of aromatic nitrogens is 3. The highest BCUT2D eigenvalue weighted by atomic mass is 79.9. The molecule has 0 atom stereocenters. The molecule has 0 unspecified atom stereocenters. The molecule has 0 fully saturated rings. The Morgan fingerprint density at radius 1 is 1.33 bits per heavy atom. The fourth-order valence-electron chi connectivity index (χ4n) is 1.77. The molecule has 0 saturated heterocycles. The van der Waals surface area contributed by atoms with Crippen LogP contribution in [0.1, 0.15) is 25.8 Å². The third-order valence-corrected chi connectivity index (χ3v) is 3.49. The van der Waals surface area contributed by atoms with E-state index in [0.717, 1.165) is 0 Å². The lowest BCUT2D eigenvalue weighted by atomic mass is 10.3. The maximum Gasteiger partial charge on any atom is 0.204 e. The van der Waals surface area contributed by atoms with Gasteiger partial charge >= 0.3 is 0 Å². The lowest BCUT2D eigenvalue weighted by Gasteiger charge is -2.13. The van der Waals surface area contributed by atoms with E-state index in [2.05, 4.69) is 26.2 Å². The average molecular weight is 379 g/mol. The summed E-state index contributed by atoms with van der Waals surface area (Å²) in [5.41, 5.74) is 1.02. The van der Waals surface area contributed by atoms with E-state index in [1.54, 1.807) is 6.20 Å². The topological polar surface area (TPSA) is 49.2 Å². The molecule has 2 rings (SSSR count). The Hall–Kier alpha value is -1.02. The summed E-state index contributed by atoms with van der Waals surface area (Å²) in [6.45, 7) is 4.70. The Balaban J connectivity index is 2.35. The zero-order valence-electron chi connectivity index (χ0n) is 11.5. The minimum atomic E-state index is -0.591. The Bertz CT molecular complexity index is 594. The molecule has 0 bridgehead atoms. The van der Waals surface area contributed by atoms with E-state index < -0.39 is 12.1 Å². The molecule has 0 aliphatic heterocycles. The highest BCUT2D eigenvalue weighted by Gasteiger charge is 2.18. The van der Waals surface area contributed by atoms with Crippen LogP contribution in [0.5, 0.6) is 0 Å². The zero-order chi connectivity index (χ0) is 15.4. The van der Waals surface area contributed by atoms with Crippen LogP contribution in [0.25, 0.3) is 5.69 Å². The van der Waals surface area contributed by atoms with Gasteiger partial charge in [0.2, 0.25) is 6.29 Å². The first-order valence-corrected chi connectivity index (χ1v) is 7.54. The molecule has 0 amide bonds. The molecule has 0 radical (unpaired) electrons. The Morgan fingerprint density at radius 3 is 2.57 bits per heavy atom. The van der Waals surface area contributed by atoms with Gasteiger partial charge in [-0.3, -0.25) is 0 Å². The summed E-state index contributed by atoms with van der Waals surface area (Å²) in [5.74, 6) is -0.433. The predicted molar refractivity (Wildman–Crippen MR) is 80.0 cm³/mol. The van der Waals surface area contributed by atoms with Crippen molar-refractivity contribution >= 4 is 27.5 Å². The molecule has 1 aromatic carbocycles. The summed E-state index contributed by atoms with van der Waals surface area (Å²) < 4.78 is 26.1. The van der Waals surface area contributed by atoms with Gasteiger partial charge in [-0.1, -0.05) is 16.8 Å². The fraction of sp³-hybridized carbons (Fsp3) is 0.385. The van der Waals surface area contributed by atoms with Crippen LogP contribution in [0.4, 0.5) is 4.39 Å². The first kappa shape index (κ1) is 16.4. The number of hydrogen-bond donors (Lipinski definition) is 0. The van der Waals surface area contributed by atoms with Gasteiger partial charge in [0.25, 0.3) is 0 Å². The van der Waals surface area contributed by atoms with Gasteiger partial charge in [0.15, 0.2) is 0 Å². The number of ether oxygens (including phenoxy) is 2. The second-order valence-electron chi connectivity index (χ2n) is 4.05. The maximum atomic E-state index is 13.3. The number of nitrogens with zero attached hydrogens (tertiary/aromatic N) is 3. The lowest BCUT2D eigenvalue weighted by molar-refractivity contribution is -0.142. The van der Waals surface area contributed by atoms with E-state index >= 15 is 0 Å². The van der Waals surface area contributed by atoms with E-state index in [-0.39, 0.29) is 5.02 Å². The largest absolute Gasteiger partial charge is 0.347 e. The smallest absolute Gasteiger partial charge is 0.204 e. The number of hydrogen-bond acceptors (Lipinski definition) is 4. The van der Waals surface area contributed by atoms with Crippen molar-refractivity contribution in [3.05, 3.63) is 39.3 Å². The molecule has 0 spiro atoms. The Morgan fingerprint density at radius 2 is 2.00 bits per heavy atom. The normalized spacial score (nSPS) is 11.3. The predicted octanol–water partition coefficient (Wildman–Crippen LogP) is 3.89. The van der Waals surface area contributed by atoms with Gasteiger partial charge in [0.05, 0.1) is 16.9 Å². The second-order valence-corrected chi connectivity index (χ2v) is 5.31. The Labute approximate surface area is 135 Å². The van der Waals surface area contributed by atoms with E-state index in [0.29, 0.717) is 29.1 Å². The van der Waals surface area contributed by atoms with Crippen LogP contribution in [-0.4, -0.2) is 28.2 Å². The SMILES string of the molecule is CCOC(OCC)c1cn(-c2c(Cl)cc(F)cc2Br)nn1. The minimum absolute atomic E-state index is 0.225. The van der Waals surface area contributed by atoms with E-state index in [9.17, 15) is 4.39 Å². The first-order chi connectivity index (χ1) is 10.1. The fourth-order valence-corrected chi connectivity index (χ4v) is 2.79. The van der Waals surface area contributed by atoms with Crippen molar-refractivity contribution in [1.29, 1.82) is 0 Å². The van der Waals surface area contributed by atoms with Gasteiger partial charge < -0.3 is 9.47 Å². The maximum absolute atomic E-state index is 13.3. The van der Waals surface area contributed by atoms with Crippen molar-refractivity contribution in [3.8, 4) is 5.69 Å². The van der Waals surface area contributed by atoms with Gasteiger partial charge in [0, 0.05) is 17.7 Å². The van der Waals surface area contributed by atoms with Crippen molar-refractivity contribution in [2.75, 3.05) is 13.2 Å². The summed E-state index contributed by atoms with van der Waals surface area (Å²) >= 11 is 9.33. The molecule has 1 heterocycles. The molecule has 1 aromatic heterocycles. The van der Waals surface area contributed by atoms with Crippen molar-refractivity contribution in [2.24, 2.45) is 0 Å². The van der Waals surface area contributed by atoms with Crippen LogP contribution in [-0.2, 0) is 9.47 Å². The molecule has 0 saturated carbocycles. The molecule has 0 aliphatic carbocycles. The van der Waals surface area contributed by atoms with Crippen LogP contribution < -0.4 is 0 Å². The average Bonchev–Trinajstić information content (AvgIpc) is 2.86. The molecule has 0 aliphatic rings. The first-order valence-electron chi connectivity index (χ1n) is 6.37. The van der Waals surface area contributed by atoms with Crippen molar-refractivity contribution < 1.29 is 13.9 Å². The molecule has 114 valence electrons. The highest BCUT2D eigenvalue weighted by Crippen LogP contribution is 2.30. The molecule has 2 aromatic rings. The van der Waals surface area contributed by atoms with Crippen molar-refractivity contribution in [3.63, 3.8) is 0 Å².